The molecule has 0 radical (unpaired) electrons. The molecule has 8 heteroatoms. The van der Waals surface area contributed by atoms with E-state index in [0.29, 0.717) is 13.2 Å². The summed E-state index contributed by atoms with van der Waals surface area (Å²) >= 11 is 0. The molecular weight excluding hydrogens is 230 g/mol. The molecule has 0 bridgehead atoms. The van der Waals surface area contributed by atoms with Crippen molar-refractivity contribution in [1.29, 1.82) is 0 Å². The van der Waals surface area contributed by atoms with Crippen LogP contribution in [0, 0.1) is 0 Å². The molecule has 0 aromatic carbocycles. The lowest BCUT2D eigenvalue weighted by atomic mass is 10.4. The third-order valence-electron chi connectivity index (χ3n) is 1.66. The molecule has 98 valence electrons. The molecule has 4 N–H and O–H groups in total. The summed E-state index contributed by atoms with van der Waals surface area (Å²) in [4.78, 5) is 32.3. The number of aliphatic carboxylic acids is 1. The average molecular weight is 247 g/mol. The molecule has 0 rings (SSSR count). The van der Waals surface area contributed by atoms with Gasteiger partial charge in [-0.25, -0.2) is 4.79 Å². The molecule has 8 nitrogen and oxygen atoms in total. The van der Waals surface area contributed by atoms with Gasteiger partial charge in [-0.15, -0.1) is 0 Å². The number of nitrogens with one attached hydrogen (secondary N) is 3. The van der Waals surface area contributed by atoms with Crippen LogP contribution in [0.15, 0.2) is 0 Å². The Morgan fingerprint density at radius 1 is 1.12 bits per heavy atom. The lowest BCUT2D eigenvalue weighted by Gasteiger charge is -2.07. The molecule has 0 aliphatic heterocycles. The highest BCUT2D eigenvalue weighted by molar-refractivity contribution is 5.83. The number of urea groups is 1. The first-order valence-corrected chi connectivity index (χ1v) is 5.05. The zero-order valence-electron chi connectivity index (χ0n) is 9.62. The van der Waals surface area contributed by atoms with Crippen molar-refractivity contribution in [1.82, 2.24) is 16.0 Å². The van der Waals surface area contributed by atoms with Gasteiger partial charge >= 0.3 is 12.0 Å². The molecule has 0 spiro atoms. The van der Waals surface area contributed by atoms with Crippen LogP contribution in [0.1, 0.15) is 6.42 Å². The van der Waals surface area contributed by atoms with E-state index in [-0.39, 0.29) is 25.4 Å². The van der Waals surface area contributed by atoms with Gasteiger partial charge in [0.2, 0.25) is 5.91 Å². The van der Waals surface area contributed by atoms with Gasteiger partial charge < -0.3 is 25.8 Å². The molecule has 0 aliphatic rings. The van der Waals surface area contributed by atoms with Crippen molar-refractivity contribution >= 4 is 17.9 Å². The lowest BCUT2D eigenvalue weighted by Crippen LogP contribution is -2.43. The Morgan fingerprint density at radius 2 is 1.82 bits per heavy atom. The van der Waals surface area contributed by atoms with Crippen LogP contribution < -0.4 is 16.0 Å². The number of carbonyl (C=O) groups is 3. The van der Waals surface area contributed by atoms with Gasteiger partial charge in [-0.3, -0.25) is 9.59 Å². The van der Waals surface area contributed by atoms with Crippen LogP contribution in [-0.2, 0) is 14.3 Å². The number of hydrogen-bond acceptors (Lipinski definition) is 4. The predicted octanol–water partition coefficient (Wildman–Crippen LogP) is -1.48. The normalized spacial score (nSPS) is 9.47. The fourth-order valence-corrected chi connectivity index (χ4v) is 0.861. The molecule has 3 amide bonds. The van der Waals surface area contributed by atoms with Crippen LogP contribution >= 0.6 is 0 Å². The van der Waals surface area contributed by atoms with E-state index >= 15 is 0 Å². The van der Waals surface area contributed by atoms with Crippen LogP contribution in [-0.4, -0.2) is 56.4 Å². The summed E-state index contributed by atoms with van der Waals surface area (Å²) in [5, 5.41) is 15.4. The van der Waals surface area contributed by atoms with Gasteiger partial charge in [0.25, 0.3) is 0 Å². The van der Waals surface area contributed by atoms with E-state index in [1.165, 1.54) is 7.11 Å². The van der Waals surface area contributed by atoms with Gasteiger partial charge in [0.05, 0.1) is 19.6 Å². The molecule has 0 atom stereocenters. The number of carboxylic acid groups (broad SMARTS) is 1. The maximum Gasteiger partial charge on any atom is 0.315 e. The van der Waals surface area contributed by atoms with Crippen LogP contribution in [0.25, 0.3) is 0 Å². The second-order valence-corrected chi connectivity index (χ2v) is 3.10. The Balaban J connectivity index is 3.48. The van der Waals surface area contributed by atoms with Crippen molar-refractivity contribution in [2.75, 3.05) is 33.4 Å². The van der Waals surface area contributed by atoms with Crippen molar-refractivity contribution in [3.05, 3.63) is 0 Å². The quantitative estimate of drug-likeness (QED) is 0.390. The minimum absolute atomic E-state index is 0.0203. The van der Waals surface area contributed by atoms with Gasteiger partial charge in [0, 0.05) is 20.2 Å². The van der Waals surface area contributed by atoms with E-state index in [1.54, 1.807) is 0 Å². The van der Waals surface area contributed by atoms with E-state index < -0.39 is 12.0 Å². The summed E-state index contributed by atoms with van der Waals surface area (Å²) in [6, 6.07) is -0.576. The van der Waals surface area contributed by atoms with Crippen molar-refractivity contribution in [3.63, 3.8) is 0 Å². The zero-order chi connectivity index (χ0) is 13.1. The van der Waals surface area contributed by atoms with Gasteiger partial charge in [0.1, 0.15) is 0 Å². The molecular formula is C9H17N3O5. The SMILES string of the molecule is COCCNC(=O)CNC(=O)NCCC(=O)O. The number of carbonyl (C=O) groups excluding carboxylic acids is 2. The molecule has 0 unspecified atom stereocenters. The molecule has 0 saturated heterocycles. The number of hydrogen-bond donors (Lipinski definition) is 4. The molecule has 0 heterocycles. The fourth-order valence-electron chi connectivity index (χ4n) is 0.861. The summed E-state index contributed by atoms with van der Waals surface area (Å²) in [6.07, 6.45) is -0.159. The van der Waals surface area contributed by atoms with Crippen molar-refractivity contribution in [3.8, 4) is 0 Å². The third kappa shape index (κ3) is 10.5. The largest absolute Gasteiger partial charge is 0.481 e. The Morgan fingerprint density at radius 3 is 2.41 bits per heavy atom. The molecule has 0 fully saturated rings. The summed E-state index contributed by atoms with van der Waals surface area (Å²) in [6.45, 7) is 0.628. The lowest BCUT2D eigenvalue weighted by molar-refractivity contribution is -0.136. The number of ether oxygens (including phenoxy) is 1. The highest BCUT2D eigenvalue weighted by Crippen LogP contribution is 1.75. The number of methoxy groups -OCH3 is 1. The third-order valence-corrected chi connectivity index (χ3v) is 1.66. The van der Waals surface area contributed by atoms with Gasteiger partial charge in [0.15, 0.2) is 0 Å². The van der Waals surface area contributed by atoms with E-state index in [0.717, 1.165) is 0 Å². The Labute approximate surface area is 98.7 Å². The Hall–Kier alpha value is -1.83. The van der Waals surface area contributed by atoms with Crippen molar-refractivity contribution in [2.45, 2.75) is 6.42 Å². The van der Waals surface area contributed by atoms with E-state index in [1.807, 2.05) is 0 Å². The zero-order valence-corrected chi connectivity index (χ0v) is 9.62. The number of rotatable bonds is 8. The molecule has 0 aromatic rings. The fraction of sp³-hybridized carbons (Fsp3) is 0.667. The second-order valence-electron chi connectivity index (χ2n) is 3.10. The van der Waals surface area contributed by atoms with E-state index in [2.05, 4.69) is 16.0 Å². The molecule has 0 aromatic heterocycles. The predicted molar refractivity (Wildman–Crippen MR) is 58.5 cm³/mol. The maximum absolute atomic E-state index is 11.1. The van der Waals surface area contributed by atoms with E-state index in [9.17, 15) is 14.4 Å². The number of carboxylic acids is 1. The standard InChI is InChI=1S/C9H17N3O5/c1-17-5-4-10-7(13)6-12-9(16)11-3-2-8(14)15/h2-6H2,1H3,(H,10,13)(H,14,15)(H2,11,12,16). The second kappa shape index (κ2) is 9.40. The maximum atomic E-state index is 11.1. The Bertz CT molecular complexity index is 269. The summed E-state index contributed by atoms with van der Waals surface area (Å²) < 4.78 is 4.72. The average Bonchev–Trinajstić information content (AvgIpc) is 2.26. The molecule has 0 saturated carbocycles. The van der Waals surface area contributed by atoms with Gasteiger partial charge in [-0.1, -0.05) is 0 Å². The molecule has 17 heavy (non-hydrogen) atoms. The van der Waals surface area contributed by atoms with E-state index in [4.69, 9.17) is 9.84 Å². The monoisotopic (exact) mass is 247 g/mol. The van der Waals surface area contributed by atoms with Crippen molar-refractivity contribution in [2.24, 2.45) is 0 Å². The van der Waals surface area contributed by atoms with Gasteiger partial charge in [-0.05, 0) is 0 Å². The molecule has 0 aliphatic carbocycles. The van der Waals surface area contributed by atoms with Gasteiger partial charge in [-0.2, -0.15) is 0 Å². The highest BCUT2D eigenvalue weighted by Gasteiger charge is 2.04. The van der Waals surface area contributed by atoms with Crippen molar-refractivity contribution < 1.29 is 24.2 Å². The minimum atomic E-state index is -0.998. The number of amides is 3. The smallest absolute Gasteiger partial charge is 0.315 e. The summed E-state index contributed by atoms with van der Waals surface area (Å²) in [7, 11) is 1.51. The topological polar surface area (TPSA) is 117 Å². The van der Waals surface area contributed by atoms with Crippen LogP contribution in [0.5, 0.6) is 0 Å². The summed E-state index contributed by atoms with van der Waals surface area (Å²) in [5.74, 6) is -1.34. The summed E-state index contributed by atoms with van der Waals surface area (Å²) in [5.41, 5.74) is 0. The highest BCUT2D eigenvalue weighted by atomic mass is 16.5. The Kier molecular flexibility index (Phi) is 8.39. The first-order valence-electron chi connectivity index (χ1n) is 5.05. The van der Waals surface area contributed by atoms with Crippen LogP contribution in [0.3, 0.4) is 0 Å². The first kappa shape index (κ1) is 15.2. The minimum Gasteiger partial charge on any atom is -0.481 e. The van der Waals surface area contributed by atoms with Crippen LogP contribution in [0.2, 0.25) is 0 Å². The van der Waals surface area contributed by atoms with Crippen LogP contribution in [0.4, 0.5) is 4.79 Å². The first-order chi connectivity index (χ1) is 8.06.